The molecule has 6 heteroatoms. The zero-order valence-electron chi connectivity index (χ0n) is 22.8. The highest BCUT2D eigenvalue weighted by molar-refractivity contribution is 5.85. The van der Waals surface area contributed by atoms with Crippen LogP contribution >= 0.6 is 0 Å². The van der Waals surface area contributed by atoms with Crippen molar-refractivity contribution < 1.29 is 19.4 Å². The monoisotopic (exact) mass is 528 g/mol. The van der Waals surface area contributed by atoms with Crippen molar-refractivity contribution in [3.63, 3.8) is 0 Å². The highest BCUT2D eigenvalue weighted by Gasteiger charge is 2.18. The van der Waals surface area contributed by atoms with Gasteiger partial charge in [-0.05, 0) is 65.8 Å². The van der Waals surface area contributed by atoms with Crippen LogP contribution in [0.15, 0.2) is 72.8 Å². The van der Waals surface area contributed by atoms with Crippen LogP contribution in [-0.2, 0) is 22.4 Å². The molecule has 0 radical (unpaired) electrons. The molecule has 0 aliphatic carbocycles. The maximum absolute atomic E-state index is 12.8. The minimum atomic E-state index is -1.00. The third kappa shape index (κ3) is 7.91. The lowest BCUT2D eigenvalue weighted by Gasteiger charge is -2.29. The first-order valence-electron chi connectivity index (χ1n) is 14.3. The van der Waals surface area contributed by atoms with E-state index in [1.807, 2.05) is 48.5 Å². The van der Waals surface area contributed by atoms with Gasteiger partial charge in [0, 0.05) is 51.3 Å². The van der Waals surface area contributed by atoms with Crippen LogP contribution in [0.1, 0.15) is 30.4 Å². The second-order valence-corrected chi connectivity index (χ2v) is 10.6. The number of hydrogen-bond acceptors (Lipinski definition) is 6. The molecule has 2 heterocycles. The Morgan fingerprint density at radius 2 is 1.54 bits per heavy atom. The number of carbonyl (C=O) groups is 1. The molecule has 1 unspecified atom stereocenters. The van der Waals surface area contributed by atoms with Crippen molar-refractivity contribution in [3.8, 4) is 16.9 Å². The molecule has 39 heavy (non-hydrogen) atoms. The molecule has 0 saturated carbocycles. The SMILES string of the molecule is O=C(Cc1ccc(-c2ccc(OCCN3CCOCC3)cc2)cc1)C(O)Cc1cccc(N2CCCCC2)c1. The van der Waals surface area contributed by atoms with Crippen molar-refractivity contribution in [2.75, 3.05) is 57.4 Å². The van der Waals surface area contributed by atoms with E-state index in [9.17, 15) is 9.90 Å². The largest absolute Gasteiger partial charge is 0.492 e. The highest BCUT2D eigenvalue weighted by Crippen LogP contribution is 2.24. The molecule has 0 aromatic heterocycles. The van der Waals surface area contributed by atoms with Gasteiger partial charge >= 0.3 is 0 Å². The van der Waals surface area contributed by atoms with Crippen LogP contribution in [0.25, 0.3) is 11.1 Å². The normalized spacial score (nSPS) is 17.1. The first-order chi connectivity index (χ1) is 19.1. The number of piperidine rings is 1. The van der Waals surface area contributed by atoms with Crippen molar-refractivity contribution in [2.45, 2.75) is 38.2 Å². The number of anilines is 1. The number of aliphatic hydroxyl groups is 1. The molecule has 3 aromatic carbocycles. The van der Waals surface area contributed by atoms with Crippen molar-refractivity contribution >= 4 is 11.5 Å². The van der Waals surface area contributed by atoms with E-state index in [4.69, 9.17) is 9.47 Å². The van der Waals surface area contributed by atoms with E-state index in [0.717, 1.165) is 73.9 Å². The van der Waals surface area contributed by atoms with E-state index < -0.39 is 6.10 Å². The Labute approximate surface area is 232 Å². The number of rotatable bonds is 11. The fourth-order valence-electron chi connectivity index (χ4n) is 5.36. The summed E-state index contributed by atoms with van der Waals surface area (Å²) in [5, 5.41) is 10.6. The van der Waals surface area contributed by atoms with Crippen molar-refractivity contribution in [3.05, 3.63) is 83.9 Å². The minimum Gasteiger partial charge on any atom is -0.492 e. The van der Waals surface area contributed by atoms with E-state index in [-0.39, 0.29) is 12.2 Å². The Morgan fingerprint density at radius 3 is 2.26 bits per heavy atom. The van der Waals surface area contributed by atoms with Crippen molar-refractivity contribution in [1.29, 1.82) is 0 Å². The molecule has 5 rings (SSSR count). The zero-order valence-corrected chi connectivity index (χ0v) is 22.8. The number of morpholine rings is 1. The summed E-state index contributed by atoms with van der Waals surface area (Å²) < 4.78 is 11.3. The van der Waals surface area contributed by atoms with Crippen LogP contribution in [0, 0.1) is 0 Å². The van der Waals surface area contributed by atoms with Crippen molar-refractivity contribution in [1.82, 2.24) is 4.90 Å². The highest BCUT2D eigenvalue weighted by atomic mass is 16.5. The lowest BCUT2D eigenvalue weighted by Crippen LogP contribution is -2.38. The second kappa shape index (κ2) is 13.7. The third-order valence-corrected chi connectivity index (χ3v) is 7.73. The van der Waals surface area contributed by atoms with Crippen LogP contribution in [0.5, 0.6) is 5.75 Å². The maximum Gasteiger partial charge on any atom is 0.165 e. The van der Waals surface area contributed by atoms with Gasteiger partial charge in [0.1, 0.15) is 18.5 Å². The maximum atomic E-state index is 12.8. The van der Waals surface area contributed by atoms with Crippen LogP contribution in [0.4, 0.5) is 5.69 Å². The fourth-order valence-corrected chi connectivity index (χ4v) is 5.36. The number of ether oxygens (including phenoxy) is 2. The second-order valence-electron chi connectivity index (χ2n) is 10.6. The number of benzene rings is 3. The molecule has 1 N–H and O–H groups in total. The summed E-state index contributed by atoms with van der Waals surface area (Å²) in [6, 6.07) is 24.4. The Bertz CT molecular complexity index is 1180. The number of hydrogen-bond donors (Lipinski definition) is 1. The number of Topliss-reactive ketones (excluding diaryl/α,β-unsaturated/α-hetero) is 1. The Morgan fingerprint density at radius 1 is 0.846 bits per heavy atom. The number of ketones is 1. The summed E-state index contributed by atoms with van der Waals surface area (Å²) in [5.41, 5.74) is 5.29. The summed E-state index contributed by atoms with van der Waals surface area (Å²) in [7, 11) is 0. The van der Waals surface area contributed by atoms with Gasteiger partial charge in [-0.3, -0.25) is 9.69 Å². The molecule has 206 valence electrons. The van der Waals surface area contributed by atoms with Gasteiger partial charge < -0.3 is 19.5 Å². The first kappa shape index (κ1) is 27.4. The van der Waals surface area contributed by atoms with Crippen LogP contribution in [0.2, 0.25) is 0 Å². The molecule has 6 nitrogen and oxygen atoms in total. The summed E-state index contributed by atoms with van der Waals surface area (Å²) >= 11 is 0. The third-order valence-electron chi connectivity index (χ3n) is 7.73. The van der Waals surface area contributed by atoms with Gasteiger partial charge in [0.25, 0.3) is 0 Å². The van der Waals surface area contributed by atoms with Gasteiger partial charge in [0.2, 0.25) is 0 Å². The number of aliphatic hydroxyl groups excluding tert-OH is 1. The summed E-state index contributed by atoms with van der Waals surface area (Å²) in [5.74, 6) is 0.717. The molecular formula is C33H40N2O4. The zero-order chi connectivity index (χ0) is 26.9. The fraction of sp³-hybridized carbons (Fsp3) is 0.424. The first-order valence-corrected chi connectivity index (χ1v) is 14.3. The predicted molar refractivity (Wildman–Crippen MR) is 156 cm³/mol. The van der Waals surface area contributed by atoms with Crippen LogP contribution in [-0.4, -0.2) is 74.4 Å². The number of nitrogens with zero attached hydrogens (tertiary/aromatic N) is 2. The molecule has 0 amide bonds. The molecule has 2 saturated heterocycles. The lowest BCUT2D eigenvalue weighted by molar-refractivity contribution is -0.126. The topological polar surface area (TPSA) is 62.2 Å². The van der Waals surface area contributed by atoms with Gasteiger partial charge in [-0.25, -0.2) is 0 Å². The molecular weight excluding hydrogens is 488 g/mol. The Kier molecular flexibility index (Phi) is 9.65. The predicted octanol–water partition coefficient (Wildman–Crippen LogP) is 4.77. The van der Waals surface area contributed by atoms with E-state index in [0.29, 0.717) is 13.0 Å². The average molecular weight is 529 g/mol. The number of carbonyl (C=O) groups excluding carboxylic acids is 1. The van der Waals surface area contributed by atoms with Crippen LogP contribution < -0.4 is 9.64 Å². The Balaban J connectivity index is 1.10. The Hall–Kier alpha value is -3.19. The van der Waals surface area contributed by atoms with Gasteiger partial charge in [0.15, 0.2) is 5.78 Å². The van der Waals surface area contributed by atoms with E-state index in [2.05, 4.69) is 34.1 Å². The summed E-state index contributed by atoms with van der Waals surface area (Å²) in [6.45, 7) is 7.27. The standard InChI is InChI=1S/C33H40N2O4/c36-32(33(37)25-27-5-4-6-30(23-27)35-15-2-1-3-16-35)24-26-7-9-28(10-8-26)29-11-13-31(14-12-29)39-22-19-34-17-20-38-21-18-34/h4-14,23,33,37H,1-3,15-22,24-25H2. The quantitative estimate of drug-likeness (QED) is 0.387. The molecule has 2 aliphatic rings. The molecule has 0 spiro atoms. The van der Waals surface area contributed by atoms with E-state index in [1.54, 1.807) is 0 Å². The molecule has 2 aliphatic heterocycles. The minimum absolute atomic E-state index is 0.148. The van der Waals surface area contributed by atoms with Gasteiger partial charge in [-0.2, -0.15) is 0 Å². The molecule has 2 fully saturated rings. The van der Waals surface area contributed by atoms with Crippen molar-refractivity contribution in [2.24, 2.45) is 0 Å². The van der Waals surface area contributed by atoms with Gasteiger partial charge in [-0.1, -0.05) is 48.5 Å². The van der Waals surface area contributed by atoms with Gasteiger partial charge in [-0.15, -0.1) is 0 Å². The van der Waals surface area contributed by atoms with Crippen LogP contribution in [0.3, 0.4) is 0 Å². The molecule has 1 atom stereocenters. The molecule has 3 aromatic rings. The molecule has 0 bridgehead atoms. The van der Waals surface area contributed by atoms with E-state index >= 15 is 0 Å². The summed E-state index contributed by atoms with van der Waals surface area (Å²) in [4.78, 5) is 17.6. The van der Waals surface area contributed by atoms with Gasteiger partial charge in [0.05, 0.1) is 13.2 Å². The van der Waals surface area contributed by atoms with E-state index in [1.165, 1.54) is 24.9 Å². The average Bonchev–Trinajstić information content (AvgIpc) is 2.99. The lowest BCUT2D eigenvalue weighted by atomic mass is 9.97. The summed E-state index contributed by atoms with van der Waals surface area (Å²) in [6.07, 6.45) is 3.31. The smallest absolute Gasteiger partial charge is 0.165 e.